The van der Waals surface area contributed by atoms with Crippen LogP contribution in [-0.2, 0) is 37.6 Å². The van der Waals surface area contributed by atoms with E-state index >= 15 is 0 Å². The first-order chi connectivity index (χ1) is 20.3. The summed E-state index contributed by atoms with van der Waals surface area (Å²) in [6.07, 6.45) is 0.412. The highest BCUT2D eigenvalue weighted by atomic mass is 19.4. The molecule has 1 aromatic carbocycles. The number of nitrogens with zero attached hydrogens (tertiary/aromatic N) is 7. The third kappa shape index (κ3) is 5.29. The molecule has 2 fully saturated rings. The molecule has 1 saturated heterocycles. The fraction of sp³-hybridized carbons (Fsp3) is 0.414. The number of anilines is 1. The van der Waals surface area contributed by atoms with Gasteiger partial charge in [-0.25, -0.2) is 24.9 Å². The Bertz CT molecular complexity index is 1630. The molecule has 13 heteroatoms. The lowest BCUT2D eigenvalue weighted by Crippen LogP contribution is -2.21. The Hall–Kier alpha value is -4.10. The fourth-order valence-electron chi connectivity index (χ4n) is 5.41. The van der Waals surface area contributed by atoms with Crippen LogP contribution in [0.15, 0.2) is 36.8 Å². The van der Waals surface area contributed by atoms with Crippen molar-refractivity contribution in [3.05, 3.63) is 65.0 Å². The molecule has 0 amide bonds. The van der Waals surface area contributed by atoms with E-state index in [1.807, 2.05) is 12.1 Å². The smallest absolute Gasteiger partial charge is 0.434 e. The summed E-state index contributed by atoms with van der Waals surface area (Å²) in [7, 11) is 3.14. The second kappa shape index (κ2) is 10.3. The number of alkyl halides is 3. The van der Waals surface area contributed by atoms with E-state index in [-0.39, 0.29) is 11.9 Å². The van der Waals surface area contributed by atoms with Gasteiger partial charge in [0, 0.05) is 56.5 Å². The Morgan fingerprint density at radius 3 is 2.52 bits per heavy atom. The minimum Gasteiger partial charge on any atom is -0.480 e. The Balaban J connectivity index is 1.17. The number of aromatic nitrogens is 6. The molecule has 3 aromatic heterocycles. The predicted octanol–water partition coefficient (Wildman–Crippen LogP) is 4.57. The van der Waals surface area contributed by atoms with E-state index in [2.05, 4.69) is 25.2 Å². The van der Waals surface area contributed by atoms with Crippen molar-refractivity contribution in [2.45, 2.75) is 50.7 Å². The summed E-state index contributed by atoms with van der Waals surface area (Å²) < 4.78 is 51.9. The molecule has 5 heterocycles. The molecule has 1 saturated carbocycles. The van der Waals surface area contributed by atoms with Crippen molar-refractivity contribution < 1.29 is 22.6 Å². The largest absolute Gasteiger partial charge is 0.480 e. The molecule has 1 N–H and O–H groups in total. The minimum atomic E-state index is -4.49. The van der Waals surface area contributed by atoms with Crippen LogP contribution in [0.2, 0.25) is 0 Å². The van der Waals surface area contributed by atoms with Gasteiger partial charge in [-0.2, -0.15) is 13.2 Å². The molecule has 2 aliphatic heterocycles. The first-order valence-electron chi connectivity index (χ1n) is 13.8. The van der Waals surface area contributed by atoms with Gasteiger partial charge in [-0.15, -0.1) is 0 Å². The Labute approximate surface area is 240 Å². The van der Waals surface area contributed by atoms with Crippen LogP contribution in [0.5, 0.6) is 5.88 Å². The zero-order valence-corrected chi connectivity index (χ0v) is 23.1. The topological polar surface area (TPSA) is 106 Å². The van der Waals surface area contributed by atoms with Crippen molar-refractivity contribution in [2.75, 3.05) is 25.6 Å². The van der Waals surface area contributed by atoms with E-state index < -0.39 is 11.9 Å². The second-order valence-corrected chi connectivity index (χ2v) is 11.0. The number of benzene rings is 1. The lowest BCUT2D eigenvalue weighted by molar-refractivity contribution is -0.140. The molecule has 0 bridgehead atoms. The van der Waals surface area contributed by atoms with Crippen molar-refractivity contribution in [3.8, 4) is 28.7 Å². The number of halogens is 3. The quantitative estimate of drug-likeness (QED) is 0.286. The summed E-state index contributed by atoms with van der Waals surface area (Å²) >= 11 is 0. The standard InChI is InChI=1S/C29H29F3N8O2/c1-39-13-22(29(30,31)32)37-27(39)18-5-3-16(4-6-18)9-33-25-20-11-40(10-19-14-42-19)12-21(20)36-26(38-25)23-24(17-7-8-17)34-15-35-28(23)41-2/h3-6,13,15,17,19H,7-12,14H2,1-2H3,(H,33,36,38). The van der Waals surface area contributed by atoms with Gasteiger partial charge in [-0.3, -0.25) is 4.90 Å². The minimum absolute atomic E-state index is 0.255. The van der Waals surface area contributed by atoms with E-state index in [0.717, 1.165) is 66.1 Å². The maximum absolute atomic E-state index is 13.1. The van der Waals surface area contributed by atoms with Gasteiger partial charge in [-0.1, -0.05) is 24.3 Å². The monoisotopic (exact) mass is 578 g/mol. The maximum atomic E-state index is 13.1. The van der Waals surface area contributed by atoms with Gasteiger partial charge in [0.15, 0.2) is 11.5 Å². The number of epoxide rings is 1. The molecule has 3 aliphatic rings. The lowest BCUT2D eigenvalue weighted by atomic mass is 10.1. The molecule has 7 rings (SSSR count). The van der Waals surface area contributed by atoms with Gasteiger partial charge in [0.2, 0.25) is 5.88 Å². The van der Waals surface area contributed by atoms with Crippen LogP contribution in [-0.4, -0.2) is 60.8 Å². The SMILES string of the molecule is COc1ncnc(C2CC2)c1-c1nc2c(c(NCc3ccc(-c4nc(C(F)(F)F)cn4C)cc3)n1)CN(CC1CO1)C2. The average molecular weight is 579 g/mol. The first-order valence-corrected chi connectivity index (χ1v) is 13.8. The first kappa shape index (κ1) is 26.8. The maximum Gasteiger partial charge on any atom is 0.434 e. The van der Waals surface area contributed by atoms with Gasteiger partial charge in [0.25, 0.3) is 0 Å². The third-order valence-electron chi connectivity index (χ3n) is 7.77. The van der Waals surface area contributed by atoms with E-state index in [1.165, 1.54) is 10.9 Å². The lowest BCUT2D eigenvalue weighted by Gasteiger charge is -2.15. The number of ether oxygens (including phenoxy) is 2. The zero-order chi connectivity index (χ0) is 29.0. The molecule has 10 nitrogen and oxygen atoms in total. The van der Waals surface area contributed by atoms with E-state index in [4.69, 9.17) is 19.4 Å². The molecule has 1 atom stereocenters. The van der Waals surface area contributed by atoms with Gasteiger partial charge in [-0.05, 0) is 18.4 Å². The summed E-state index contributed by atoms with van der Waals surface area (Å²) in [5, 5.41) is 3.50. The normalized spacial score (nSPS) is 18.3. The van der Waals surface area contributed by atoms with Crippen LogP contribution in [0, 0.1) is 0 Å². The van der Waals surface area contributed by atoms with E-state index in [1.54, 1.807) is 26.3 Å². The van der Waals surface area contributed by atoms with E-state index in [9.17, 15) is 13.2 Å². The molecule has 0 spiro atoms. The molecule has 218 valence electrons. The molecule has 1 aliphatic carbocycles. The predicted molar refractivity (Wildman–Crippen MR) is 146 cm³/mol. The van der Waals surface area contributed by atoms with Crippen LogP contribution in [0.1, 0.15) is 47.0 Å². The number of hydrogen-bond donors (Lipinski definition) is 1. The zero-order valence-electron chi connectivity index (χ0n) is 23.1. The average Bonchev–Trinajstić information content (AvgIpc) is 3.90. The van der Waals surface area contributed by atoms with Crippen molar-refractivity contribution in [3.63, 3.8) is 0 Å². The number of aryl methyl sites for hydroxylation is 1. The van der Waals surface area contributed by atoms with Crippen molar-refractivity contribution in [1.29, 1.82) is 0 Å². The van der Waals surface area contributed by atoms with Gasteiger partial charge >= 0.3 is 6.18 Å². The second-order valence-electron chi connectivity index (χ2n) is 11.0. The van der Waals surface area contributed by atoms with Crippen molar-refractivity contribution >= 4 is 5.82 Å². The van der Waals surface area contributed by atoms with E-state index in [0.29, 0.717) is 42.8 Å². The molecule has 42 heavy (non-hydrogen) atoms. The molecular formula is C29H29F3N8O2. The molecule has 4 aromatic rings. The van der Waals surface area contributed by atoms with Crippen LogP contribution in [0.4, 0.5) is 19.0 Å². The third-order valence-corrected chi connectivity index (χ3v) is 7.77. The van der Waals surface area contributed by atoms with Crippen LogP contribution < -0.4 is 10.1 Å². The number of fused-ring (bicyclic) bond motifs is 1. The van der Waals surface area contributed by atoms with Gasteiger partial charge < -0.3 is 19.4 Å². The highest BCUT2D eigenvalue weighted by Gasteiger charge is 2.36. The summed E-state index contributed by atoms with van der Waals surface area (Å²) in [6.45, 7) is 3.47. The van der Waals surface area contributed by atoms with Crippen LogP contribution >= 0.6 is 0 Å². The fourth-order valence-corrected chi connectivity index (χ4v) is 5.41. The number of methoxy groups -OCH3 is 1. The number of nitrogens with one attached hydrogen (secondary N) is 1. The summed E-state index contributed by atoms with van der Waals surface area (Å²) in [5.41, 5.74) is 4.25. The Morgan fingerprint density at radius 1 is 1.07 bits per heavy atom. The van der Waals surface area contributed by atoms with Gasteiger partial charge in [0.1, 0.15) is 23.5 Å². The summed E-state index contributed by atoms with van der Waals surface area (Å²) in [6, 6.07) is 7.31. The Kier molecular flexibility index (Phi) is 6.58. The molecule has 1 unspecified atom stereocenters. The van der Waals surface area contributed by atoms with Crippen molar-refractivity contribution in [1.82, 2.24) is 34.4 Å². The summed E-state index contributed by atoms with van der Waals surface area (Å²) in [5.74, 6) is 2.32. The highest BCUT2D eigenvalue weighted by molar-refractivity contribution is 5.68. The Morgan fingerprint density at radius 2 is 1.86 bits per heavy atom. The number of imidazole rings is 1. The van der Waals surface area contributed by atoms with Crippen LogP contribution in [0.3, 0.4) is 0 Å². The highest BCUT2D eigenvalue weighted by Crippen LogP contribution is 2.45. The summed E-state index contributed by atoms with van der Waals surface area (Å²) in [4.78, 5) is 25.0. The number of hydrogen-bond acceptors (Lipinski definition) is 9. The van der Waals surface area contributed by atoms with Crippen LogP contribution in [0.25, 0.3) is 22.8 Å². The molecule has 0 radical (unpaired) electrons. The van der Waals surface area contributed by atoms with Crippen molar-refractivity contribution in [2.24, 2.45) is 7.05 Å². The van der Waals surface area contributed by atoms with Gasteiger partial charge in [0.05, 0.1) is 31.2 Å². The molecular weight excluding hydrogens is 549 g/mol. The number of rotatable bonds is 9.